The van der Waals surface area contributed by atoms with Crippen molar-refractivity contribution in [2.75, 3.05) is 44.0 Å². The lowest BCUT2D eigenvalue weighted by atomic mass is 10.0. The van der Waals surface area contributed by atoms with Gasteiger partial charge in [0.2, 0.25) is 20.0 Å². The van der Waals surface area contributed by atoms with Crippen molar-refractivity contribution in [3.63, 3.8) is 0 Å². The molecule has 0 bridgehead atoms. The lowest BCUT2D eigenvalue weighted by Crippen LogP contribution is -2.40. The molecule has 2 N–H and O–H groups in total. The predicted octanol–water partition coefficient (Wildman–Crippen LogP) is 7.51. The molecule has 1 aliphatic rings. The van der Waals surface area contributed by atoms with E-state index in [2.05, 4.69) is 10.6 Å². The van der Waals surface area contributed by atoms with Gasteiger partial charge in [0.15, 0.2) is 0 Å². The van der Waals surface area contributed by atoms with Gasteiger partial charge in [-0.3, -0.25) is 9.59 Å². The number of hydrogen-bond donors (Lipinski definition) is 2. The van der Waals surface area contributed by atoms with Crippen LogP contribution < -0.4 is 10.6 Å². The van der Waals surface area contributed by atoms with Crippen LogP contribution >= 0.6 is 0 Å². The summed E-state index contributed by atoms with van der Waals surface area (Å²) in [5.41, 5.74) is 3.71. The summed E-state index contributed by atoms with van der Waals surface area (Å²) in [4.78, 5) is 26.7. The number of halogens is 1. The number of nitrogens with one attached hydrogen (secondary N) is 2. The van der Waals surface area contributed by atoms with Crippen molar-refractivity contribution >= 4 is 43.2 Å². The summed E-state index contributed by atoms with van der Waals surface area (Å²) < 4.78 is 78.2. The summed E-state index contributed by atoms with van der Waals surface area (Å²) in [6.07, 6.45) is 0. The fourth-order valence-electron chi connectivity index (χ4n) is 6.51. The molecule has 14 heteroatoms. The second-order valence-corrected chi connectivity index (χ2v) is 17.5. The SMILES string of the molecule is CN(Cc1ccccc1)S(=O)(=O)c1ccc(-c2ccc(NC(=O)c3ccc(-c4ccccc4)cc3)c(S(=O)(=O)N3CCOCC3)c2)cc1NC(=O)c1ccc(F)cc1. The van der Waals surface area contributed by atoms with Gasteiger partial charge in [0.05, 0.1) is 24.6 Å². The molecule has 1 heterocycles. The standard InChI is InChI=1S/C44H39FN4O7S2/c1-48(30-31-8-4-2-5-9-31)57(52,53)41-23-19-36(28-40(41)47-44(51)35-16-20-38(45)21-17-35)37-18-22-39(42(29-37)58(54,55)49-24-26-56-27-25-49)46-43(50)34-14-12-33(13-15-34)32-10-6-3-7-11-32/h2-23,28-29H,24-27,30H2,1H3,(H,46,50)(H,47,51). The fraction of sp³-hybridized carbons (Fsp3) is 0.136. The number of ether oxygens (including phenoxy) is 1. The Kier molecular flexibility index (Phi) is 11.9. The van der Waals surface area contributed by atoms with Gasteiger partial charge in [-0.05, 0) is 88.5 Å². The largest absolute Gasteiger partial charge is 0.379 e. The highest BCUT2D eigenvalue weighted by molar-refractivity contribution is 7.89. The van der Waals surface area contributed by atoms with E-state index < -0.39 is 37.7 Å². The van der Waals surface area contributed by atoms with Crippen LogP contribution in [0.3, 0.4) is 0 Å². The molecule has 1 saturated heterocycles. The van der Waals surface area contributed by atoms with E-state index in [-0.39, 0.29) is 59.6 Å². The molecule has 1 aliphatic heterocycles. The maximum atomic E-state index is 14.3. The van der Waals surface area contributed by atoms with Gasteiger partial charge in [-0.15, -0.1) is 0 Å². The summed E-state index contributed by atoms with van der Waals surface area (Å²) in [6, 6.07) is 39.2. The van der Waals surface area contributed by atoms with E-state index in [1.165, 1.54) is 53.8 Å². The van der Waals surface area contributed by atoms with E-state index in [4.69, 9.17) is 4.74 Å². The van der Waals surface area contributed by atoms with E-state index >= 15 is 0 Å². The third kappa shape index (κ3) is 8.91. The third-order valence-corrected chi connectivity index (χ3v) is 13.5. The Morgan fingerprint density at radius 3 is 1.78 bits per heavy atom. The van der Waals surface area contributed by atoms with E-state index in [1.807, 2.05) is 48.5 Å². The van der Waals surface area contributed by atoms with Crippen LogP contribution in [0, 0.1) is 5.82 Å². The van der Waals surface area contributed by atoms with Gasteiger partial charge in [0, 0.05) is 37.8 Å². The zero-order valence-electron chi connectivity index (χ0n) is 31.3. The van der Waals surface area contributed by atoms with Crippen molar-refractivity contribution in [1.82, 2.24) is 8.61 Å². The number of rotatable bonds is 12. The van der Waals surface area contributed by atoms with Crippen molar-refractivity contribution < 1.29 is 35.6 Å². The molecular formula is C44H39FN4O7S2. The normalized spacial score (nSPS) is 13.6. The topological polar surface area (TPSA) is 142 Å². The molecule has 6 aromatic rings. The van der Waals surface area contributed by atoms with Crippen molar-refractivity contribution in [3.8, 4) is 22.3 Å². The molecule has 6 aromatic carbocycles. The lowest BCUT2D eigenvalue weighted by molar-refractivity contribution is 0.0730. The predicted molar refractivity (Wildman–Crippen MR) is 221 cm³/mol. The van der Waals surface area contributed by atoms with E-state index in [9.17, 15) is 30.8 Å². The van der Waals surface area contributed by atoms with Crippen molar-refractivity contribution in [2.24, 2.45) is 0 Å². The van der Waals surface area contributed by atoms with Crippen LogP contribution in [0.15, 0.2) is 155 Å². The summed E-state index contributed by atoms with van der Waals surface area (Å²) in [7, 11) is -6.99. The maximum absolute atomic E-state index is 14.3. The van der Waals surface area contributed by atoms with E-state index in [1.54, 1.807) is 42.5 Å². The van der Waals surface area contributed by atoms with E-state index in [0.29, 0.717) is 16.7 Å². The van der Waals surface area contributed by atoms with Crippen molar-refractivity contribution in [3.05, 3.63) is 168 Å². The Hall–Kier alpha value is -6.03. The summed E-state index contributed by atoms with van der Waals surface area (Å²) in [6.45, 7) is 0.636. The Balaban J connectivity index is 1.27. The Morgan fingerprint density at radius 2 is 1.14 bits per heavy atom. The molecule has 0 saturated carbocycles. The van der Waals surface area contributed by atoms with Crippen molar-refractivity contribution in [1.29, 1.82) is 0 Å². The van der Waals surface area contributed by atoms with Crippen LogP contribution in [0.2, 0.25) is 0 Å². The second-order valence-electron chi connectivity index (χ2n) is 13.5. The number of hydrogen-bond acceptors (Lipinski definition) is 7. The molecule has 58 heavy (non-hydrogen) atoms. The van der Waals surface area contributed by atoms with Gasteiger partial charge in [-0.25, -0.2) is 21.2 Å². The first kappa shape index (κ1) is 40.2. The quantitative estimate of drug-likeness (QED) is 0.130. The first-order valence-corrected chi connectivity index (χ1v) is 21.2. The van der Waals surface area contributed by atoms with E-state index in [0.717, 1.165) is 33.1 Å². The lowest BCUT2D eigenvalue weighted by Gasteiger charge is -2.27. The molecule has 0 spiro atoms. The molecule has 0 unspecified atom stereocenters. The maximum Gasteiger partial charge on any atom is 0.255 e. The zero-order chi connectivity index (χ0) is 40.9. The van der Waals surface area contributed by atoms with Gasteiger partial charge < -0.3 is 15.4 Å². The van der Waals surface area contributed by atoms with Crippen LogP contribution in [0.25, 0.3) is 22.3 Å². The highest BCUT2D eigenvalue weighted by Crippen LogP contribution is 2.35. The van der Waals surface area contributed by atoms with Gasteiger partial charge in [0.25, 0.3) is 11.8 Å². The molecule has 0 aliphatic carbocycles. The molecular weight excluding hydrogens is 780 g/mol. The average molecular weight is 819 g/mol. The minimum absolute atomic E-state index is 0.0407. The molecule has 11 nitrogen and oxygen atoms in total. The van der Waals surface area contributed by atoms with Gasteiger partial charge in [-0.1, -0.05) is 84.9 Å². The average Bonchev–Trinajstić information content (AvgIpc) is 3.25. The molecule has 0 aromatic heterocycles. The Bertz CT molecular complexity index is 2660. The molecule has 0 atom stereocenters. The van der Waals surface area contributed by atoms with Crippen LogP contribution in [0.1, 0.15) is 26.3 Å². The minimum Gasteiger partial charge on any atom is -0.379 e. The molecule has 7 rings (SSSR count). The van der Waals surface area contributed by atoms with Crippen LogP contribution in [0.5, 0.6) is 0 Å². The smallest absolute Gasteiger partial charge is 0.255 e. The van der Waals surface area contributed by atoms with Crippen molar-refractivity contribution in [2.45, 2.75) is 16.3 Å². The summed E-state index contributed by atoms with van der Waals surface area (Å²) in [5, 5.41) is 5.47. The molecule has 2 amide bonds. The van der Waals surface area contributed by atoms with Crippen LogP contribution in [0.4, 0.5) is 15.8 Å². The first-order chi connectivity index (χ1) is 27.9. The minimum atomic E-state index is -4.22. The van der Waals surface area contributed by atoms with Crippen LogP contribution in [-0.4, -0.2) is 70.6 Å². The number of sulfonamides is 2. The highest BCUT2D eigenvalue weighted by atomic mass is 32.2. The number of carbonyl (C=O) groups is 2. The molecule has 296 valence electrons. The Labute approximate surface area is 336 Å². The number of amides is 2. The van der Waals surface area contributed by atoms with Gasteiger partial charge >= 0.3 is 0 Å². The Morgan fingerprint density at radius 1 is 0.621 bits per heavy atom. The number of carbonyl (C=O) groups excluding carboxylic acids is 2. The first-order valence-electron chi connectivity index (χ1n) is 18.3. The summed E-state index contributed by atoms with van der Waals surface area (Å²) in [5.74, 6) is -1.76. The number of anilines is 2. The molecule has 0 radical (unpaired) electrons. The van der Waals surface area contributed by atoms with Gasteiger partial charge in [-0.2, -0.15) is 8.61 Å². The van der Waals surface area contributed by atoms with Crippen LogP contribution in [-0.2, 0) is 31.3 Å². The van der Waals surface area contributed by atoms with Gasteiger partial charge in [0.1, 0.15) is 15.6 Å². The zero-order valence-corrected chi connectivity index (χ0v) is 33.0. The fourth-order valence-corrected chi connectivity index (χ4v) is 9.37. The monoisotopic (exact) mass is 818 g/mol. The number of benzene rings is 6. The summed E-state index contributed by atoms with van der Waals surface area (Å²) >= 11 is 0. The highest BCUT2D eigenvalue weighted by Gasteiger charge is 2.31. The third-order valence-electron chi connectivity index (χ3n) is 9.68. The number of morpholine rings is 1. The second kappa shape index (κ2) is 17.2. The number of nitrogens with zero attached hydrogens (tertiary/aromatic N) is 2. The molecule has 1 fully saturated rings.